The van der Waals surface area contributed by atoms with Gasteiger partial charge in [0.2, 0.25) is 11.8 Å². The zero-order valence-electron chi connectivity index (χ0n) is 22.2. The summed E-state index contributed by atoms with van der Waals surface area (Å²) in [5.74, 6) is -0.797. The number of nitrogens with zero attached hydrogens (tertiary/aromatic N) is 2. The standard InChI is InChI=1S/C29H33Cl2N3O4S/c1-4-18-32-29(36)26(5-2)33(19-22-10-12-23(30)13-11-22)28(35)20-34(27-9-7-6-8-21(27)3)39(37,38)25-16-14-24(31)15-17-25/h6-17,26H,4-5,18-20H2,1-3H3,(H,32,36)/t26-/m1/s1. The zero-order chi connectivity index (χ0) is 28.6. The monoisotopic (exact) mass is 589 g/mol. The maximum Gasteiger partial charge on any atom is 0.264 e. The minimum Gasteiger partial charge on any atom is -0.354 e. The van der Waals surface area contributed by atoms with Crippen LogP contribution in [0.25, 0.3) is 0 Å². The molecule has 0 saturated carbocycles. The number of aryl methyl sites for hydroxylation is 1. The summed E-state index contributed by atoms with van der Waals surface area (Å²) in [5, 5.41) is 3.81. The van der Waals surface area contributed by atoms with Crippen LogP contribution in [-0.4, -0.2) is 44.3 Å². The highest BCUT2D eigenvalue weighted by atomic mass is 35.5. The lowest BCUT2D eigenvalue weighted by Crippen LogP contribution is -2.52. The molecule has 3 aromatic carbocycles. The van der Waals surface area contributed by atoms with E-state index in [0.717, 1.165) is 16.3 Å². The predicted molar refractivity (Wildman–Crippen MR) is 157 cm³/mol. The van der Waals surface area contributed by atoms with Gasteiger partial charge in [-0.15, -0.1) is 0 Å². The third-order valence-electron chi connectivity index (χ3n) is 6.27. The minimum absolute atomic E-state index is 0.0000605. The molecule has 0 unspecified atom stereocenters. The molecule has 10 heteroatoms. The predicted octanol–water partition coefficient (Wildman–Crippen LogP) is 5.83. The highest BCUT2D eigenvalue weighted by molar-refractivity contribution is 7.92. The van der Waals surface area contributed by atoms with Crippen LogP contribution in [0.15, 0.2) is 77.7 Å². The molecule has 2 amide bonds. The van der Waals surface area contributed by atoms with Crippen LogP contribution in [0.4, 0.5) is 5.69 Å². The molecule has 0 saturated heterocycles. The number of amides is 2. The lowest BCUT2D eigenvalue weighted by molar-refractivity contribution is -0.140. The first kappa shape index (κ1) is 30.5. The molecular weight excluding hydrogens is 557 g/mol. The third kappa shape index (κ3) is 7.75. The Bertz CT molecular complexity index is 1380. The van der Waals surface area contributed by atoms with Crippen molar-refractivity contribution in [2.45, 2.75) is 51.1 Å². The van der Waals surface area contributed by atoms with E-state index >= 15 is 0 Å². The lowest BCUT2D eigenvalue weighted by Gasteiger charge is -2.33. The second-order valence-electron chi connectivity index (χ2n) is 9.12. The fourth-order valence-electron chi connectivity index (χ4n) is 4.16. The molecule has 0 aliphatic carbocycles. The largest absolute Gasteiger partial charge is 0.354 e. The fraction of sp³-hybridized carbons (Fsp3) is 0.310. The first-order valence-corrected chi connectivity index (χ1v) is 14.9. The van der Waals surface area contributed by atoms with Crippen LogP contribution in [0.5, 0.6) is 0 Å². The van der Waals surface area contributed by atoms with E-state index in [9.17, 15) is 18.0 Å². The first-order valence-electron chi connectivity index (χ1n) is 12.7. The molecule has 1 N–H and O–H groups in total. The molecule has 0 spiro atoms. The van der Waals surface area contributed by atoms with E-state index in [1.165, 1.54) is 29.2 Å². The number of halogens is 2. The third-order valence-corrected chi connectivity index (χ3v) is 8.54. The summed E-state index contributed by atoms with van der Waals surface area (Å²) >= 11 is 12.0. The molecule has 39 heavy (non-hydrogen) atoms. The number of para-hydroxylation sites is 1. The van der Waals surface area contributed by atoms with E-state index in [4.69, 9.17) is 23.2 Å². The Labute approximate surface area is 240 Å². The summed E-state index contributed by atoms with van der Waals surface area (Å²) in [4.78, 5) is 28.6. The molecule has 3 rings (SSSR count). The second kappa shape index (κ2) is 13.8. The number of nitrogens with one attached hydrogen (secondary N) is 1. The quantitative estimate of drug-likeness (QED) is 0.288. The van der Waals surface area contributed by atoms with Gasteiger partial charge in [0.25, 0.3) is 10.0 Å². The van der Waals surface area contributed by atoms with Crippen LogP contribution in [0.2, 0.25) is 10.0 Å². The van der Waals surface area contributed by atoms with E-state index < -0.39 is 28.5 Å². The molecule has 0 radical (unpaired) electrons. The van der Waals surface area contributed by atoms with Gasteiger partial charge < -0.3 is 10.2 Å². The smallest absolute Gasteiger partial charge is 0.264 e. The van der Waals surface area contributed by atoms with Gasteiger partial charge >= 0.3 is 0 Å². The van der Waals surface area contributed by atoms with E-state index in [1.54, 1.807) is 55.5 Å². The molecule has 208 valence electrons. The van der Waals surface area contributed by atoms with Gasteiger partial charge in [-0.1, -0.05) is 67.4 Å². The van der Waals surface area contributed by atoms with Crippen molar-refractivity contribution in [3.63, 3.8) is 0 Å². The van der Waals surface area contributed by atoms with Gasteiger partial charge in [0.15, 0.2) is 0 Å². The van der Waals surface area contributed by atoms with Crippen LogP contribution in [0, 0.1) is 6.92 Å². The van der Waals surface area contributed by atoms with Gasteiger partial charge in [-0.2, -0.15) is 0 Å². The van der Waals surface area contributed by atoms with Gasteiger partial charge in [0, 0.05) is 23.1 Å². The minimum atomic E-state index is -4.16. The number of carbonyl (C=O) groups excluding carboxylic acids is 2. The average Bonchev–Trinajstić information content (AvgIpc) is 2.92. The van der Waals surface area contributed by atoms with Gasteiger partial charge in [-0.05, 0) is 73.4 Å². The number of anilines is 1. The Balaban J connectivity index is 2.05. The SMILES string of the molecule is CCCNC(=O)[C@@H](CC)N(Cc1ccc(Cl)cc1)C(=O)CN(c1ccccc1C)S(=O)(=O)c1ccc(Cl)cc1. The van der Waals surface area contributed by atoms with Crippen molar-refractivity contribution < 1.29 is 18.0 Å². The molecule has 1 atom stereocenters. The maximum atomic E-state index is 14.0. The molecule has 3 aromatic rings. The van der Waals surface area contributed by atoms with Gasteiger partial charge in [-0.3, -0.25) is 13.9 Å². The topological polar surface area (TPSA) is 86.8 Å². The van der Waals surface area contributed by atoms with E-state index in [1.807, 2.05) is 13.8 Å². The zero-order valence-corrected chi connectivity index (χ0v) is 24.6. The second-order valence-corrected chi connectivity index (χ2v) is 11.9. The number of hydrogen-bond donors (Lipinski definition) is 1. The van der Waals surface area contributed by atoms with Gasteiger partial charge in [0.1, 0.15) is 12.6 Å². The van der Waals surface area contributed by atoms with Crippen molar-refractivity contribution >= 4 is 50.7 Å². The maximum absolute atomic E-state index is 14.0. The summed E-state index contributed by atoms with van der Waals surface area (Å²) in [6, 6.07) is 18.9. The number of hydrogen-bond acceptors (Lipinski definition) is 4. The highest BCUT2D eigenvalue weighted by Crippen LogP contribution is 2.28. The van der Waals surface area contributed by atoms with Crippen molar-refractivity contribution in [2.75, 3.05) is 17.4 Å². The number of carbonyl (C=O) groups is 2. The molecule has 0 bridgehead atoms. The van der Waals surface area contributed by atoms with Gasteiger partial charge in [-0.25, -0.2) is 8.42 Å². The summed E-state index contributed by atoms with van der Waals surface area (Å²) in [7, 11) is -4.16. The summed E-state index contributed by atoms with van der Waals surface area (Å²) < 4.78 is 28.9. The van der Waals surface area contributed by atoms with Crippen molar-refractivity contribution in [3.8, 4) is 0 Å². The summed E-state index contributed by atoms with van der Waals surface area (Å²) in [5.41, 5.74) is 1.81. The Hall–Kier alpha value is -3.07. The fourth-order valence-corrected chi connectivity index (χ4v) is 5.89. The van der Waals surface area contributed by atoms with Crippen molar-refractivity contribution in [2.24, 2.45) is 0 Å². The van der Waals surface area contributed by atoms with Crippen LogP contribution < -0.4 is 9.62 Å². The van der Waals surface area contributed by atoms with E-state index in [0.29, 0.717) is 34.3 Å². The highest BCUT2D eigenvalue weighted by Gasteiger charge is 2.34. The van der Waals surface area contributed by atoms with Crippen LogP contribution >= 0.6 is 23.2 Å². The number of benzene rings is 3. The van der Waals surface area contributed by atoms with Crippen molar-refractivity contribution in [1.29, 1.82) is 0 Å². The molecule has 7 nitrogen and oxygen atoms in total. The summed E-state index contributed by atoms with van der Waals surface area (Å²) in [6.07, 6.45) is 1.09. The van der Waals surface area contributed by atoms with Gasteiger partial charge in [0.05, 0.1) is 10.6 Å². The molecule has 0 aliphatic heterocycles. The van der Waals surface area contributed by atoms with Crippen LogP contribution in [-0.2, 0) is 26.2 Å². The van der Waals surface area contributed by atoms with Crippen molar-refractivity contribution in [3.05, 3.63) is 94.0 Å². The molecular formula is C29H33Cl2N3O4S. The Morgan fingerprint density at radius 3 is 2.05 bits per heavy atom. The van der Waals surface area contributed by atoms with Crippen LogP contribution in [0.1, 0.15) is 37.8 Å². The normalized spacial score (nSPS) is 12.0. The lowest BCUT2D eigenvalue weighted by atomic mass is 10.1. The molecule has 0 heterocycles. The number of sulfonamides is 1. The summed E-state index contributed by atoms with van der Waals surface area (Å²) in [6.45, 7) is 5.63. The molecule has 0 aromatic heterocycles. The average molecular weight is 591 g/mol. The Morgan fingerprint density at radius 2 is 1.49 bits per heavy atom. The van der Waals surface area contributed by atoms with Crippen LogP contribution in [0.3, 0.4) is 0 Å². The van der Waals surface area contributed by atoms with E-state index in [2.05, 4.69) is 5.32 Å². The van der Waals surface area contributed by atoms with E-state index in [-0.39, 0.29) is 17.3 Å². The first-order chi connectivity index (χ1) is 18.6. The molecule has 0 aliphatic rings. The van der Waals surface area contributed by atoms with Crippen molar-refractivity contribution in [1.82, 2.24) is 10.2 Å². The number of rotatable bonds is 12. The Morgan fingerprint density at radius 1 is 0.897 bits per heavy atom. The Kier molecular flexibility index (Phi) is 10.8. The molecule has 0 fully saturated rings.